The highest BCUT2D eigenvalue weighted by molar-refractivity contribution is 5.85. The molecule has 2 heterocycles. The van der Waals surface area contributed by atoms with Gasteiger partial charge in [0, 0.05) is 38.9 Å². The second-order valence-corrected chi connectivity index (χ2v) is 9.30. The standard InChI is InChI=1S/C22H37N3O2.ClH/c1-22(2,3)18-7-9-20(10-8-18)27-17-19(26)16-24-12-14-25(15-13-24)21-6-4-5-11-23-21;/h4-6,11,18-20,26H,7-10,12-17H2,1-3H3;1H. The summed E-state index contributed by atoms with van der Waals surface area (Å²) in [4.78, 5) is 9.08. The molecule has 0 radical (unpaired) electrons. The van der Waals surface area contributed by atoms with Crippen LogP contribution < -0.4 is 4.90 Å². The van der Waals surface area contributed by atoms with Gasteiger partial charge in [-0.2, -0.15) is 0 Å². The van der Waals surface area contributed by atoms with Crippen LogP contribution >= 0.6 is 12.4 Å². The quantitative estimate of drug-likeness (QED) is 0.774. The van der Waals surface area contributed by atoms with Crippen molar-refractivity contribution >= 4 is 18.2 Å². The van der Waals surface area contributed by atoms with Gasteiger partial charge in [0.1, 0.15) is 5.82 Å². The normalized spacial score (nSPS) is 25.2. The number of aliphatic hydroxyl groups excluding tert-OH is 1. The maximum absolute atomic E-state index is 10.4. The summed E-state index contributed by atoms with van der Waals surface area (Å²) in [5.41, 5.74) is 0.405. The molecule has 28 heavy (non-hydrogen) atoms. The molecule has 1 unspecified atom stereocenters. The highest BCUT2D eigenvalue weighted by Gasteiger charge is 2.30. The summed E-state index contributed by atoms with van der Waals surface area (Å²) in [5.74, 6) is 1.85. The van der Waals surface area contributed by atoms with Crippen molar-refractivity contribution in [1.82, 2.24) is 9.88 Å². The van der Waals surface area contributed by atoms with Crippen LogP contribution in [0.25, 0.3) is 0 Å². The molecule has 0 amide bonds. The average molecular weight is 412 g/mol. The Morgan fingerprint density at radius 3 is 2.36 bits per heavy atom. The lowest BCUT2D eigenvalue weighted by molar-refractivity contribution is -0.0446. The van der Waals surface area contributed by atoms with E-state index in [4.69, 9.17) is 4.74 Å². The summed E-state index contributed by atoms with van der Waals surface area (Å²) in [6.45, 7) is 12.0. The fourth-order valence-electron chi connectivity index (χ4n) is 4.39. The number of anilines is 1. The Kier molecular flexibility index (Phi) is 9.00. The molecule has 1 aromatic rings. The van der Waals surface area contributed by atoms with Gasteiger partial charge in [-0.15, -0.1) is 12.4 Å². The molecule has 160 valence electrons. The van der Waals surface area contributed by atoms with Crippen molar-refractivity contribution in [2.45, 2.75) is 58.7 Å². The maximum atomic E-state index is 10.4. The molecule has 0 spiro atoms. The summed E-state index contributed by atoms with van der Waals surface area (Å²) in [7, 11) is 0. The van der Waals surface area contributed by atoms with E-state index in [1.54, 1.807) is 0 Å². The molecule has 2 fully saturated rings. The van der Waals surface area contributed by atoms with Crippen LogP contribution in [0, 0.1) is 11.3 Å². The predicted octanol–water partition coefficient (Wildman–Crippen LogP) is 3.61. The number of hydrogen-bond donors (Lipinski definition) is 1. The molecule has 1 atom stereocenters. The van der Waals surface area contributed by atoms with E-state index in [0.29, 0.717) is 24.7 Å². The lowest BCUT2D eigenvalue weighted by Gasteiger charge is -2.38. The molecule has 0 bridgehead atoms. The van der Waals surface area contributed by atoms with Crippen molar-refractivity contribution in [1.29, 1.82) is 0 Å². The van der Waals surface area contributed by atoms with E-state index in [1.807, 2.05) is 18.3 Å². The molecule has 1 saturated carbocycles. The van der Waals surface area contributed by atoms with E-state index in [9.17, 15) is 5.11 Å². The predicted molar refractivity (Wildman–Crippen MR) is 117 cm³/mol. The zero-order valence-electron chi connectivity index (χ0n) is 17.7. The van der Waals surface area contributed by atoms with Crippen LogP contribution in [0.15, 0.2) is 24.4 Å². The summed E-state index contributed by atoms with van der Waals surface area (Å²) >= 11 is 0. The Morgan fingerprint density at radius 2 is 1.79 bits per heavy atom. The van der Waals surface area contributed by atoms with Crippen molar-refractivity contribution in [2.24, 2.45) is 11.3 Å². The molecule has 1 aromatic heterocycles. The average Bonchev–Trinajstić information content (AvgIpc) is 2.67. The summed E-state index contributed by atoms with van der Waals surface area (Å²) < 4.78 is 6.04. The molecule has 0 aromatic carbocycles. The monoisotopic (exact) mass is 411 g/mol. The van der Waals surface area contributed by atoms with Crippen LogP contribution in [0.5, 0.6) is 0 Å². The van der Waals surface area contributed by atoms with Crippen molar-refractivity contribution in [3.05, 3.63) is 24.4 Å². The Morgan fingerprint density at radius 1 is 1.11 bits per heavy atom. The van der Waals surface area contributed by atoms with Gasteiger partial charge < -0.3 is 14.7 Å². The van der Waals surface area contributed by atoms with Gasteiger partial charge >= 0.3 is 0 Å². The summed E-state index contributed by atoms with van der Waals surface area (Å²) in [6, 6.07) is 6.04. The number of pyridine rings is 1. The lowest BCUT2D eigenvalue weighted by atomic mass is 9.72. The highest BCUT2D eigenvalue weighted by Crippen LogP contribution is 2.38. The molecule has 5 nitrogen and oxygen atoms in total. The maximum Gasteiger partial charge on any atom is 0.128 e. The first-order valence-electron chi connectivity index (χ1n) is 10.6. The number of hydrogen-bond acceptors (Lipinski definition) is 5. The zero-order chi connectivity index (χ0) is 19.3. The molecule has 3 rings (SSSR count). The largest absolute Gasteiger partial charge is 0.389 e. The molecular weight excluding hydrogens is 374 g/mol. The van der Waals surface area contributed by atoms with Gasteiger partial charge in [0.05, 0.1) is 18.8 Å². The van der Waals surface area contributed by atoms with Gasteiger partial charge in [-0.1, -0.05) is 26.8 Å². The molecule has 1 aliphatic heterocycles. The fourth-order valence-corrected chi connectivity index (χ4v) is 4.39. The minimum Gasteiger partial charge on any atom is -0.389 e. The number of aromatic nitrogens is 1. The summed E-state index contributed by atoms with van der Waals surface area (Å²) in [6.07, 6.45) is 6.55. The van der Waals surface area contributed by atoms with Crippen LogP contribution in [0.2, 0.25) is 0 Å². The van der Waals surface area contributed by atoms with Crippen molar-refractivity contribution in [2.75, 3.05) is 44.2 Å². The van der Waals surface area contributed by atoms with E-state index in [2.05, 4.69) is 41.6 Å². The second-order valence-electron chi connectivity index (χ2n) is 9.30. The van der Waals surface area contributed by atoms with E-state index < -0.39 is 6.10 Å². The van der Waals surface area contributed by atoms with Crippen LogP contribution in [0.3, 0.4) is 0 Å². The number of halogens is 1. The Hall–Kier alpha value is -0.880. The van der Waals surface area contributed by atoms with Gasteiger partial charge in [-0.25, -0.2) is 4.98 Å². The Balaban J connectivity index is 0.00000280. The number of nitrogens with zero attached hydrogens (tertiary/aromatic N) is 3. The second kappa shape index (κ2) is 10.8. The fraction of sp³-hybridized carbons (Fsp3) is 0.773. The molecular formula is C22H38ClN3O2. The minimum atomic E-state index is -0.397. The Labute approximate surface area is 176 Å². The first kappa shape index (κ1) is 23.4. The van der Waals surface area contributed by atoms with Crippen molar-refractivity contribution in [3.63, 3.8) is 0 Å². The first-order chi connectivity index (χ1) is 12.9. The van der Waals surface area contributed by atoms with E-state index >= 15 is 0 Å². The SMILES string of the molecule is CC(C)(C)C1CCC(OCC(O)CN2CCN(c3ccccn3)CC2)CC1.Cl. The third-order valence-corrected chi connectivity index (χ3v) is 6.24. The van der Waals surface area contributed by atoms with Crippen LogP contribution in [-0.4, -0.2) is 66.5 Å². The number of rotatable bonds is 6. The number of ether oxygens (including phenoxy) is 1. The third kappa shape index (κ3) is 6.87. The first-order valence-corrected chi connectivity index (χ1v) is 10.6. The molecule has 2 aliphatic rings. The summed E-state index contributed by atoms with van der Waals surface area (Å²) in [5, 5.41) is 10.4. The van der Waals surface area contributed by atoms with Gasteiger partial charge in [0.2, 0.25) is 0 Å². The molecule has 1 N–H and O–H groups in total. The smallest absolute Gasteiger partial charge is 0.128 e. The van der Waals surface area contributed by atoms with Gasteiger partial charge in [-0.3, -0.25) is 4.90 Å². The number of β-amino-alcohol motifs (C(OH)–C–C–N with tert-alkyl or cyclic N) is 1. The Bertz CT molecular complexity index is 551. The molecule has 1 saturated heterocycles. The van der Waals surface area contributed by atoms with Gasteiger partial charge in [0.15, 0.2) is 0 Å². The number of piperazine rings is 1. The highest BCUT2D eigenvalue weighted by atomic mass is 35.5. The number of aliphatic hydroxyl groups is 1. The van der Waals surface area contributed by atoms with Gasteiger partial charge in [0.25, 0.3) is 0 Å². The third-order valence-electron chi connectivity index (χ3n) is 6.24. The molecule has 1 aliphatic carbocycles. The van der Waals surface area contributed by atoms with Crippen molar-refractivity contribution < 1.29 is 9.84 Å². The topological polar surface area (TPSA) is 48.8 Å². The van der Waals surface area contributed by atoms with E-state index in [0.717, 1.165) is 50.8 Å². The minimum absolute atomic E-state index is 0. The lowest BCUT2D eigenvalue weighted by Crippen LogP contribution is -2.49. The van der Waals surface area contributed by atoms with E-state index in [1.165, 1.54) is 12.8 Å². The van der Waals surface area contributed by atoms with E-state index in [-0.39, 0.29) is 12.4 Å². The van der Waals surface area contributed by atoms with Crippen LogP contribution in [-0.2, 0) is 4.74 Å². The van der Waals surface area contributed by atoms with Gasteiger partial charge in [-0.05, 0) is 49.1 Å². The molecule has 6 heteroatoms. The zero-order valence-corrected chi connectivity index (χ0v) is 18.5. The van der Waals surface area contributed by atoms with Crippen LogP contribution in [0.1, 0.15) is 46.5 Å². The van der Waals surface area contributed by atoms with Crippen LogP contribution in [0.4, 0.5) is 5.82 Å². The van der Waals surface area contributed by atoms with Crippen molar-refractivity contribution in [3.8, 4) is 0 Å².